The second kappa shape index (κ2) is 11.7. The Kier molecular flexibility index (Phi) is 7.73. The Morgan fingerprint density at radius 2 is 1.81 bits per heavy atom. The first kappa shape index (κ1) is 24.5. The van der Waals surface area contributed by atoms with Crippen LogP contribution in [0.2, 0.25) is 0 Å². The van der Waals surface area contributed by atoms with E-state index in [0.717, 1.165) is 33.6 Å². The molecule has 0 saturated heterocycles. The highest BCUT2D eigenvalue weighted by molar-refractivity contribution is 5.40. The number of aromatic nitrogens is 7. The molecule has 3 heterocycles. The number of para-hydroxylation sites is 1. The largest absolute Gasteiger partial charge is 0.375 e. The Hall–Kier alpha value is -4.21. The Morgan fingerprint density at radius 1 is 0.973 bits per heavy atom. The van der Waals surface area contributed by atoms with Gasteiger partial charge in [-0.25, -0.2) is 9.36 Å². The Bertz CT molecular complexity index is 1430. The predicted octanol–water partition coefficient (Wildman–Crippen LogP) is 3.97. The summed E-state index contributed by atoms with van der Waals surface area (Å²) in [6.45, 7) is 6.27. The molecule has 0 bridgehead atoms. The summed E-state index contributed by atoms with van der Waals surface area (Å²) in [6.07, 6.45) is 5.72. The van der Waals surface area contributed by atoms with Crippen LogP contribution in [0, 0.1) is 13.8 Å². The Labute approximate surface area is 216 Å². The predicted molar refractivity (Wildman–Crippen MR) is 140 cm³/mol. The number of pyridine rings is 1. The summed E-state index contributed by atoms with van der Waals surface area (Å²) in [6, 6.07) is 22.1. The maximum atomic E-state index is 5.89. The summed E-state index contributed by atoms with van der Waals surface area (Å²) < 4.78 is 9.58. The van der Waals surface area contributed by atoms with Crippen LogP contribution < -0.4 is 5.32 Å². The standard InChI is InChI=1S/C28H30N8O/c1-21-8-6-7-11-26(21)36-19-25(18-31-36)27(30-17-24-12-13-29-22(2)16-24)28-32-33-34-35(28)14-15-37-20-23-9-4-3-5-10-23/h3-13,16,18-19,27,30H,14-15,17,20H2,1-2H3. The molecule has 0 radical (unpaired) electrons. The molecule has 0 aliphatic heterocycles. The van der Waals surface area contributed by atoms with Crippen LogP contribution in [0.25, 0.3) is 5.69 Å². The first-order chi connectivity index (χ1) is 18.2. The molecule has 0 saturated carbocycles. The van der Waals surface area contributed by atoms with Gasteiger partial charge in [0.15, 0.2) is 5.82 Å². The van der Waals surface area contributed by atoms with Crippen molar-refractivity contribution < 1.29 is 4.74 Å². The molecule has 2 aromatic carbocycles. The average Bonchev–Trinajstić information content (AvgIpc) is 3.58. The summed E-state index contributed by atoms with van der Waals surface area (Å²) in [5, 5.41) is 20.9. The first-order valence-corrected chi connectivity index (χ1v) is 12.3. The lowest BCUT2D eigenvalue weighted by molar-refractivity contribution is 0.109. The van der Waals surface area contributed by atoms with Crippen molar-refractivity contribution in [2.24, 2.45) is 0 Å². The number of rotatable bonds is 11. The highest BCUT2D eigenvalue weighted by atomic mass is 16.5. The van der Waals surface area contributed by atoms with Gasteiger partial charge in [0.2, 0.25) is 0 Å². The minimum Gasteiger partial charge on any atom is -0.375 e. The normalized spacial score (nSPS) is 12.1. The lowest BCUT2D eigenvalue weighted by atomic mass is 10.1. The molecule has 0 aliphatic carbocycles. The molecule has 0 spiro atoms. The van der Waals surface area contributed by atoms with Gasteiger partial charge in [-0.15, -0.1) is 5.10 Å². The van der Waals surface area contributed by atoms with Crippen molar-refractivity contribution in [2.75, 3.05) is 6.61 Å². The molecule has 5 rings (SSSR count). The maximum Gasteiger partial charge on any atom is 0.173 e. The van der Waals surface area contributed by atoms with Gasteiger partial charge in [0.1, 0.15) is 0 Å². The van der Waals surface area contributed by atoms with Crippen LogP contribution in [-0.2, 0) is 24.4 Å². The van der Waals surface area contributed by atoms with E-state index in [2.05, 4.69) is 68.2 Å². The van der Waals surface area contributed by atoms with Gasteiger partial charge in [-0.2, -0.15) is 5.10 Å². The van der Waals surface area contributed by atoms with Gasteiger partial charge in [-0.05, 0) is 59.2 Å². The van der Waals surface area contributed by atoms with E-state index in [1.807, 2.05) is 66.6 Å². The van der Waals surface area contributed by atoms with Gasteiger partial charge < -0.3 is 4.74 Å². The van der Waals surface area contributed by atoms with Crippen LogP contribution in [0.15, 0.2) is 85.3 Å². The average molecular weight is 495 g/mol. The second-order valence-electron chi connectivity index (χ2n) is 8.92. The topological polar surface area (TPSA) is 95.6 Å². The number of aryl methyl sites for hydroxylation is 2. The van der Waals surface area contributed by atoms with Crippen molar-refractivity contribution in [3.05, 3.63) is 119 Å². The Balaban J connectivity index is 1.36. The number of ether oxygens (including phenoxy) is 1. The van der Waals surface area contributed by atoms with E-state index in [0.29, 0.717) is 32.1 Å². The van der Waals surface area contributed by atoms with Gasteiger partial charge >= 0.3 is 0 Å². The third-order valence-corrected chi connectivity index (χ3v) is 6.15. The lowest BCUT2D eigenvalue weighted by Crippen LogP contribution is -2.26. The van der Waals surface area contributed by atoms with Crippen molar-refractivity contribution in [1.29, 1.82) is 0 Å². The molecule has 9 heteroatoms. The molecule has 1 atom stereocenters. The van der Waals surface area contributed by atoms with E-state index in [-0.39, 0.29) is 6.04 Å². The van der Waals surface area contributed by atoms with Crippen molar-refractivity contribution >= 4 is 0 Å². The van der Waals surface area contributed by atoms with Crippen LogP contribution in [0.3, 0.4) is 0 Å². The van der Waals surface area contributed by atoms with E-state index >= 15 is 0 Å². The first-order valence-electron chi connectivity index (χ1n) is 12.3. The quantitative estimate of drug-likeness (QED) is 0.278. The van der Waals surface area contributed by atoms with Crippen LogP contribution in [0.1, 0.15) is 39.8 Å². The third kappa shape index (κ3) is 6.14. The number of hydrogen-bond donors (Lipinski definition) is 1. The smallest absolute Gasteiger partial charge is 0.173 e. The molecule has 0 amide bonds. The zero-order valence-electron chi connectivity index (χ0n) is 21.0. The van der Waals surface area contributed by atoms with Crippen LogP contribution in [0.4, 0.5) is 0 Å². The van der Waals surface area contributed by atoms with Gasteiger partial charge in [0, 0.05) is 30.2 Å². The lowest BCUT2D eigenvalue weighted by Gasteiger charge is -2.17. The highest BCUT2D eigenvalue weighted by Crippen LogP contribution is 2.22. The van der Waals surface area contributed by atoms with Gasteiger partial charge in [-0.3, -0.25) is 10.3 Å². The van der Waals surface area contributed by atoms with Crippen molar-refractivity contribution in [3.63, 3.8) is 0 Å². The van der Waals surface area contributed by atoms with E-state index in [1.54, 1.807) is 4.68 Å². The van der Waals surface area contributed by atoms with Gasteiger partial charge in [0.25, 0.3) is 0 Å². The fraction of sp³-hybridized carbons (Fsp3) is 0.250. The second-order valence-corrected chi connectivity index (χ2v) is 8.92. The number of benzene rings is 2. The van der Waals surface area contributed by atoms with E-state index in [1.165, 1.54) is 0 Å². The van der Waals surface area contributed by atoms with Crippen molar-refractivity contribution in [2.45, 2.75) is 39.6 Å². The van der Waals surface area contributed by atoms with E-state index in [9.17, 15) is 0 Å². The fourth-order valence-corrected chi connectivity index (χ4v) is 4.22. The summed E-state index contributed by atoms with van der Waals surface area (Å²) >= 11 is 0. The SMILES string of the molecule is Cc1cc(CNC(c2cnn(-c3ccccc3C)c2)c2nnnn2CCOCc2ccccc2)ccn1. The fourth-order valence-electron chi connectivity index (χ4n) is 4.22. The summed E-state index contributed by atoms with van der Waals surface area (Å²) in [5.41, 5.74) is 6.39. The summed E-state index contributed by atoms with van der Waals surface area (Å²) in [5.74, 6) is 0.707. The molecular formula is C28H30N8O. The molecule has 3 aromatic heterocycles. The van der Waals surface area contributed by atoms with E-state index < -0.39 is 0 Å². The minimum absolute atomic E-state index is 0.268. The number of nitrogens with one attached hydrogen (secondary N) is 1. The van der Waals surface area contributed by atoms with Crippen LogP contribution in [0.5, 0.6) is 0 Å². The summed E-state index contributed by atoms with van der Waals surface area (Å²) in [4.78, 5) is 4.31. The zero-order chi connectivity index (χ0) is 25.5. The minimum atomic E-state index is -0.268. The molecule has 1 N–H and O–H groups in total. The zero-order valence-corrected chi connectivity index (χ0v) is 21.0. The maximum absolute atomic E-state index is 5.89. The van der Waals surface area contributed by atoms with Crippen molar-refractivity contribution in [3.8, 4) is 5.69 Å². The number of hydrogen-bond acceptors (Lipinski definition) is 7. The monoisotopic (exact) mass is 494 g/mol. The third-order valence-electron chi connectivity index (χ3n) is 6.15. The van der Waals surface area contributed by atoms with E-state index in [4.69, 9.17) is 4.74 Å². The molecule has 0 fully saturated rings. The van der Waals surface area contributed by atoms with Gasteiger partial charge in [-0.1, -0.05) is 48.5 Å². The molecule has 0 aliphatic rings. The van der Waals surface area contributed by atoms with Gasteiger partial charge in [0.05, 0.1) is 37.7 Å². The van der Waals surface area contributed by atoms with Crippen LogP contribution >= 0.6 is 0 Å². The molecule has 188 valence electrons. The van der Waals surface area contributed by atoms with Crippen molar-refractivity contribution in [1.82, 2.24) is 40.3 Å². The number of nitrogens with zero attached hydrogens (tertiary/aromatic N) is 7. The molecule has 9 nitrogen and oxygen atoms in total. The molecule has 5 aromatic rings. The highest BCUT2D eigenvalue weighted by Gasteiger charge is 2.23. The summed E-state index contributed by atoms with van der Waals surface area (Å²) in [7, 11) is 0. The molecular weight excluding hydrogens is 464 g/mol. The Morgan fingerprint density at radius 3 is 2.65 bits per heavy atom. The van der Waals surface area contributed by atoms with Crippen LogP contribution in [-0.4, -0.2) is 41.6 Å². The molecule has 37 heavy (non-hydrogen) atoms. The number of tetrazole rings is 1. The molecule has 1 unspecified atom stereocenters.